The maximum absolute atomic E-state index is 5.46. The van der Waals surface area contributed by atoms with Crippen LogP contribution in [0, 0.1) is 11.8 Å². The first kappa shape index (κ1) is 8.97. The van der Waals surface area contributed by atoms with E-state index in [1.165, 1.54) is 0 Å². The van der Waals surface area contributed by atoms with E-state index >= 15 is 0 Å². The molecule has 0 spiro atoms. The second-order valence-corrected chi connectivity index (χ2v) is 3.38. The molecule has 1 rings (SSSR count). The van der Waals surface area contributed by atoms with E-state index in [4.69, 9.17) is 15.2 Å². The van der Waals surface area contributed by atoms with Gasteiger partial charge in [0, 0.05) is 11.8 Å². The average molecular weight is 159 g/mol. The van der Waals surface area contributed by atoms with Gasteiger partial charge in [0.1, 0.15) is 0 Å². The van der Waals surface area contributed by atoms with Crippen LogP contribution < -0.4 is 5.73 Å². The summed E-state index contributed by atoms with van der Waals surface area (Å²) in [6.07, 6.45) is -0.0159. The van der Waals surface area contributed by atoms with E-state index in [2.05, 4.69) is 13.8 Å². The second kappa shape index (κ2) is 4.04. The predicted molar refractivity (Wildman–Crippen MR) is 43.1 cm³/mol. The van der Waals surface area contributed by atoms with Crippen LogP contribution in [-0.2, 0) is 9.47 Å². The fourth-order valence-electron chi connectivity index (χ4n) is 1.08. The van der Waals surface area contributed by atoms with Gasteiger partial charge in [0.05, 0.1) is 13.2 Å². The minimum absolute atomic E-state index is 0.0159. The fraction of sp³-hybridized carbons (Fsp3) is 1.00. The highest BCUT2D eigenvalue weighted by Crippen LogP contribution is 2.16. The predicted octanol–water partition coefficient (Wildman–Crippen LogP) is 0.590. The van der Waals surface area contributed by atoms with Gasteiger partial charge in [-0.2, -0.15) is 0 Å². The zero-order valence-electron chi connectivity index (χ0n) is 7.25. The molecule has 0 radical (unpaired) electrons. The van der Waals surface area contributed by atoms with Gasteiger partial charge in [0.15, 0.2) is 6.29 Å². The first-order valence-corrected chi connectivity index (χ1v) is 4.17. The Hall–Kier alpha value is -0.120. The van der Waals surface area contributed by atoms with E-state index in [1.807, 2.05) is 0 Å². The molecule has 3 nitrogen and oxygen atoms in total. The van der Waals surface area contributed by atoms with Crippen molar-refractivity contribution < 1.29 is 9.47 Å². The van der Waals surface area contributed by atoms with Crippen molar-refractivity contribution in [2.75, 3.05) is 19.8 Å². The van der Waals surface area contributed by atoms with Gasteiger partial charge in [-0.3, -0.25) is 0 Å². The first-order valence-electron chi connectivity index (χ1n) is 4.17. The Morgan fingerprint density at radius 2 is 1.91 bits per heavy atom. The van der Waals surface area contributed by atoms with Gasteiger partial charge in [-0.15, -0.1) is 0 Å². The molecule has 3 heteroatoms. The van der Waals surface area contributed by atoms with Crippen LogP contribution in [0.25, 0.3) is 0 Å². The van der Waals surface area contributed by atoms with Gasteiger partial charge in [-0.1, -0.05) is 13.8 Å². The summed E-state index contributed by atoms with van der Waals surface area (Å²) in [5.74, 6) is 0.832. The van der Waals surface area contributed by atoms with Crippen molar-refractivity contribution in [2.45, 2.75) is 20.1 Å². The molecule has 0 atom stereocenters. The summed E-state index contributed by atoms with van der Waals surface area (Å²) in [4.78, 5) is 0. The molecule has 0 bridgehead atoms. The lowest BCUT2D eigenvalue weighted by atomic mass is 10.1. The molecule has 0 unspecified atom stereocenters. The number of rotatable bonds is 2. The molecule has 0 amide bonds. The van der Waals surface area contributed by atoms with E-state index in [0.717, 1.165) is 13.2 Å². The van der Waals surface area contributed by atoms with Crippen molar-refractivity contribution in [3.63, 3.8) is 0 Å². The largest absolute Gasteiger partial charge is 0.352 e. The van der Waals surface area contributed by atoms with Gasteiger partial charge in [-0.05, 0) is 6.54 Å². The van der Waals surface area contributed by atoms with Crippen LogP contribution in [0.4, 0.5) is 0 Å². The average Bonchev–Trinajstić information content (AvgIpc) is 2.05. The molecule has 0 aliphatic carbocycles. The molecule has 11 heavy (non-hydrogen) atoms. The highest BCUT2D eigenvalue weighted by Gasteiger charge is 2.23. The minimum Gasteiger partial charge on any atom is -0.352 e. The van der Waals surface area contributed by atoms with E-state index in [1.54, 1.807) is 0 Å². The number of nitrogens with two attached hydrogens (primary N) is 1. The lowest BCUT2D eigenvalue weighted by Gasteiger charge is -2.30. The summed E-state index contributed by atoms with van der Waals surface area (Å²) >= 11 is 0. The van der Waals surface area contributed by atoms with Gasteiger partial charge < -0.3 is 15.2 Å². The van der Waals surface area contributed by atoms with Gasteiger partial charge >= 0.3 is 0 Å². The van der Waals surface area contributed by atoms with Crippen molar-refractivity contribution in [1.82, 2.24) is 0 Å². The molecule has 1 saturated heterocycles. The third-order valence-corrected chi connectivity index (χ3v) is 1.87. The topological polar surface area (TPSA) is 44.5 Å². The Kier molecular flexibility index (Phi) is 3.30. The van der Waals surface area contributed by atoms with Crippen LogP contribution in [0.3, 0.4) is 0 Å². The Labute approximate surface area is 67.9 Å². The van der Waals surface area contributed by atoms with Crippen LogP contribution >= 0.6 is 0 Å². The number of ether oxygens (including phenoxy) is 2. The Balaban J connectivity index is 2.24. The summed E-state index contributed by atoms with van der Waals surface area (Å²) in [5, 5.41) is 0. The molecule has 1 aliphatic rings. The molecular weight excluding hydrogens is 142 g/mol. The van der Waals surface area contributed by atoms with Crippen LogP contribution in [0.15, 0.2) is 0 Å². The lowest BCUT2D eigenvalue weighted by Crippen LogP contribution is -2.38. The van der Waals surface area contributed by atoms with Crippen LogP contribution in [0.1, 0.15) is 13.8 Å². The molecule has 0 aromatic carbocycles. The highest BCUT2D eigenvalue weighted by molar-refractivity contribution is 4.64. The summed E-state index contributed by atoms with van der Waals surface area (Å²) in [5.41, 5.74) is 5.46. The number of hydrogen-bond donors (Lipinski definition) is 1. The second-order valence-electron chi connectivity index (χ2n) is 3.38. The molecule has 0 saturated carbocycles. The van der Waals surface area contributed by atoms with E-state index < -0.39 is 0 Å². The fourth-order valence-corrected chi connectivity index (χ4v) is 1.08. The van der Waals surface area contributed by atoms with Gasteiger partial charge in [0.2, 0.25) is 0 Å². The summed E-state index contributed by atoms with van der Waals surface area (Å²) in [6, 6.07) is 0. The third-order valence-electron chi connectivity index (χ3n) is 1.87. The normalized spacial score (nSPS) is 32.7. The Morgan fingerprint density at radius 3 is 2.27 bits per heavy atom. The minimum atomic E-state index is -0.0159. The number of hydrogen-bond acceptors (Lipinski definition) is 3. The Bertz CT molecular complexity index is 109. The standard InChI is InChI=1S/C8H17NO2/c1-6(2)8-10-4-7(3-9)5-11-8/h6-8H,3-5,9H2,1-2H3. The van der Waals surface area contributed by atoms with Crippen LogP contribution in [-0.4, -0.2) is 26.0 Å². The summed E-state index contributed by atoms with van der Waals surface area (Å²) < 4.78 is 10.9. The van der Waals surface area contributed by atoms with E-state index in [-0.39, 0.29) is 6.29 Å². The zero-order valence-corrected chi connectivity index (χ0v) is 7.25. The van der Waals surface area contributed by atoms with Gasteiger partial charge in [-0.25, -0.2) is 0 Å². The maximum atomic E-state index is 5.46. The monoisotopic (exact) mass is 159 g/mol. The molecule has 0 aromatic rings. The molecule has 0 aromatic heterocycles. The SMILES string of the molecule is CC(C)C1OCC(CN)CO1. The molecule has 2 N–H and O–H groups in total. The molecular formula is C8H17NO2. The van der Waals surface area contributed by atoms with E-state index in [9.17, 15) is 0 Å². The summed E-state index contributed by atoms with van der Waals surface area (Å²) in [6.45, 7) is 6.34. The smallest absolute Gasteiger partial charge is 0.159 e. The molecule has 66 valence electrons. The van der Waals surface area contributed by atoms with Crippen LogP contribution in [0.5, 0.6) is 0 Å². The van der Waals surface area contributed by atoms with E-state index in [0.29, 0.717) is 18.4 Å². The summed E-state index contributed by atoms with van der Waals surface area (Å²) in [7, 11) is 0. The molecule has 1 fully saturated rings. The van der Waals surface area contributed by atoms with Gasteiger partial charge in [0.25, 0.3) is 0 Å². The van der Waals surface area contributed by atoms with Crippen molar-refractivity contribution in [3.8, 4) is 0 Å². The third kappa shape index (κ3) is 2.43. The van der Waals surface area contributed by atoms with Crippen molar-refractivity contribution in [2.24, 2.45) is 17.6 Å². The highest BCUT2D eigenvalue weighted by atomic mass is 16.7. The first-order chi connectivity index (χ1) is 5.24. The quantitative estimate of drug-likeness (QED) is 0.641. The lowest BCUT2D eigenvalue weighted by molar-refractivity contribution is -0.217. The maximum Gasteiger partial charge on any atom is 0.159 e. The van der Waals surface area contributed by atoms with Crippen molar-refractivity contribution in [1.29, 1.82) is 0 Å². The zero-order chi connectivity index (χ0) is 8.27. The molecule has 1 aliphatic heterocycles. The van der Waals surface area contributed by atoms with Crippen LogP contribution in [0.2, 0.25) is 0 Å². The Morgan fingerprint density at radius 1 is 1.36 bits per heavy atom. The molecule has 1 heterocycles. The van der Waals surface area contributed by atoms with Crippen molar-refractivity contribution in [3.05, 3.63) is 0 Å². The van der Waals surface area contributed by atoms with Crippen molar-refractivity contribution >= 4 is 0 Å².